The summed E-state index contributed by atoms with van der Waals surface area (Å²) in [4.78, 5) is 25.4. The number of aliphatic carboxylic acids is 1. The molecule has 6 nitrogen and oxygen atoms in total. The quantitative estimate of drug-likeness (QED) is 0.491. The summed E-state index contributed by atoms with van der Waals surface area (Å²) < 4.78 is 0. The smallest absolute Gasteiger partial charge is 0.326 e. The standard InChI is InChI=1S/C18H27Cl2N3O3/c1-12(2)16(18(25)26)22-17(24)15(21)11-13-3-5-14(6-4-13)23(9-7-19)10-8-20/h3-6,12,15-16H,7-11,21H2,1-2H3,(H,22,24)(H,25,26)/t15-,16+/m1/s1. The Labute approximate surface area is 164 Å². The van der Waals surface area contributed by atoms with Gasteiger partial charge in [0.05, 0.1) is 6.04 Å². The van der Waals surface area contributed by atoms with Crippen molar-refractivity contribution in [2.24, 2.45) is 11.7 Å². The van der Waals surface area contributed by atoms with Crippen molar-refractivity contribution in [2.45, 2.75) is 32.4 Å². The molecule has 1 aromatic carbocycles. The van der Waals surface area contributed by atoms with Crippen molar-refractivity contribution in [3.8, 4) is 0 Å². The lowest BCUT2D eigenvalue weighted by atomic mass is 10.0. The minimum absolute atomic E-state index is 0.224. The van der Waals surface area contributed by atoms with Crippen molar-refractivity contribution in [1.82, 2.24) is 5.32 Å². The highest BCUT2D eigenvalue weighted by molar-refractivity contribution is 6.18. The van der Waals surface area contributed by atoms with Gasteiger partial charge in [0.1, 0.15) is 6.04 Å². The molecule has 146 valence electrons. The van der Waals surface area contributed by atoms with E-state index in [-0.39, 0.29) is 5.92 Å². The molecule has 2 atom stereocenters. The topological polar surface area (TPSA) is 95.7 Å². The van der Waals surface area contributed by atoms with Crippen molar-refractivity contribution in [2.75, 3.05) is 29.7 Å². The normalized spacial score (nSPS) is 13.3. The average molecular weight is 404 g/mol. The number of benzene rings is 1. The van der Waals surface area contributed by atoms with E-state index in [9.17, 15) is 9.59 Å². The molecule has 26 heavy (non-hydrogen) atoms. The number of carboxylic acid groups (broad SMARTS) is 1. The van der Waals surface area contributed by atoms with Crippen LogP contribution >= 0.6 is 23.2 Å². The Hall–Kier alpha value is -1.50. The third kappa shape index (κ3) is 7.02. The summed E-state index contributed by atoms with van der Waals surface area (Å²) in [5.41, 5.74) is 7.83. The van der Waals surface area contributed by atoms with E-state index in [4.69, 9.17) is 34.0 Å². The van der Waals surface area contributed by atoms with Gasteiger partial charge in [0.25, 0.3) is 0 Å². The molecule has 0 radical (unpaired) electrons. The molecule has 0 saturated carbocycles. The number of alkyl halides is 2. The molecule has 1 rings (SSSR count). The minimum atomic E-state index is -1.07. The summed E-state index contributed by atoms with van der Waals surface area (Å²) in [5.74, 6) is -0.753. The maximum atomic E-state index is 12.2. The van der Waals surface area contributed by atoms with Crippen molar-refractivity contribution in [1.29, 1.82) is 0 Å². The van der Waals surface area contributed by atoms with Gasteiger partial charge in [0.2, 0.25) is 5.91 Å². The van der Waals surface area contributed by atoms with Crippen LogP contribution in [0.2, 0.25) is 0 Å². The van der Waals surface area contributed by atoms with E-state index in [1.54, 1.807) is 13.8 Å². The first kappa shape index (κ1) is 22.5. The van der Waals surface area contributed by atoms with Crippen LogP contribution in [-0.4, -0.2) is 53.9 Å². The number of anilines is 1. The molecule has 4 N–H and O–H groups in total. The number of nitrogens with one attached hydrogen (secondary N) is 1. The minimum Gasteiger partial charge on any atom is -0.480 e. The molecule has 0 bridgehead atoms. The Morgan fingerprint density at radius 2 is 1.69 bits per heavy atom. The summed E-state index contributed by atoms with van der Waals surface area (Å²) in [6.45, 7) is 4.86. The number of halogens is 2. The van der Waals surface area contributed by atoms with Crippen LogP contribution < -0.4 is 16.0 Å². The van der Waals surface area contributed by atoms with E-state index in [1.165, 1.54) is 0 Å². The maximum Gasteiger partial charge on any atom is 0.326 e. The molecule has 0 aliphatic carbocycles. The predicted molar refractivity (Wildman–Crippen MR) is 106 cm³/mol. The van der Waals surface area contributed by atoms with Crippen LogP contribution in [0.5, 0.6) is 0 Å². The molecule has 8 heteroatoms. The molecule has 0 aliphatic heterocycles. The summed E-state index contributed by atoms with van der Waals surface area (Å²) in [5, 5.41) is 11.7. The fraction of sp³-hybridized carbons (Fsp3) is 0.556. The molecular weight excluding hydrogens is 377 g/mol. The lowest BCUT2D eigenvalue weighted by molar-refractivity contribution is -0.143. The maximum absolute atomic E-state index is 12.2. The Morgan fingerprint density at radius 1 is 1.15 bits per heavy atom. The molecule has 0 spiro atoms. The number of hydrogen-bond acceptors (Lipinski definition) is 4. The SMILES string of the molecule is CC(C)[C@H](NC(=O)[C@H](N)Cc1ccc(N(CCCl)CCCl)cc1)C(=O)O. The largest absolute Gasteiger partial charge is 0.480 e. The van der Waals surface area contributed by atoms with Gasteiger partial charge in [0.15, 0.2) is 0 Å². The van der Waals surface area contributed by atoms with Crippen LogP contribution in [0.1, 0.15) is 19.4 Å². The van der Waals surface area contributed by atoms with Crippen LogP contribution in [0.25, 0.3) is 0 Å². The number of carboxylic acids is 1. The molecular formula is C18H27Cl2N3O3. The molecule has 1 amide bonds. The third-order valence-corrected chi connectivity index (χ3v) is 4.37. The van der Waals surface area contributed by atoms with Crippen molar-refractivity contribution < 1.29 is 14.7 Å². The third-order valence-electron chi connectivity index (χ3n) is 4.03. The molecule has 0 fully saturated rings. The van der Waals surface area contributed by atoms with Crippen LogP contribution in [0.4, 0.5) is 5.69 Å². The highest BCUT2D eigenvalue weighted by Crippen LogP contribution is 2.16. The molecule has 0 saturated heterocycles. The fourth-order valence-electron chi connectivity index (χ4n) is 2.54. The molecule has 0 unspecified atom stereocenters. The fourth-order valence-corrected chi connectivity index (χ4v) is 2.95. The number of rotatable bonds is 11. The highest BCUT2D eigenvalue weighted by atomic mass is 35.5. The van der Waals surface area contributed by atoms with Gasteiger partial charge >= 0.3 is 5.97 Å². The molecule has 0 aromatic heterocycles. The van der Waals surface area contributed by atoms with Gasteiger partial charge < -0.3 is 21.1 Å². The van der Waals surface area contributed by atoms with E-state index in [0.29, 0.717) is 31.3 Å². The Balaban J connectivity index is 2.70. The summed E-state index contributed by atoms with van der Waals surface area (Å²) in [6.07, 6.45) is 0.321. The first-order valence-corrected chi connectivity index (χ1v) is 9.61. The zero-order chi connectivity index (χ0) is 19.7. The van der Waals surface area contributed by atoms with Gasteiger partial charge in [0, 0.05) is 30.5 Å². The van der Waals surface area contributed by atoms with Gasteiger partial charge in [-0.1, -0.05) is 26.0 Å². The molecule has 1 aromatic rings. The van der Waals surface area contributed by atoms with Crippen molar-refractivity contribution in [3.05, 3.63) is 29.8 Å². The number of amides is 1. The second kappa shape index (κ2) is 11.3. The van der Waals surface area contributed by atoms with E-state index in [1.807, 2.05) is 24.3 Å². The Kier molecular flexibility index (Phi) is 9.76. The van der Waals surface area contributed by atoms with Crippen LogP contribution in [-0.2, 0) is 16.0 Å². The summed E-state index contributed by atoms with van der Waals surface area (Å²) in [7, 11) is 0. The van der Waals surface area contributed by atoms with E-state index in [2.05, 4.69) is 10.2 Å². The Morgan fingerprint density at radius 3 is 2.12 bits per heavy atom. The van der Waals surface area contributed by atoms with E-state index in [0.717, 1.165) is 11.3 Å². The van der Waals surface area contributed by atoms with Crippen LogP contribution in [0.3, 0.4) is 0 Å². The molecule has 0 aliphatic rings. The highest BCUT2D eigenvalue weighted by Gasteiger charge is 2.26. The number of carbonyl (C=O) groups excluding carboxylic acids is 1. The number of carbonyl (C=O) groups is 2. The van der Waals surface area contributed by atoms with Gasteiger partial charge in [-0.25, -0.2) is 4.79 Å². The van der Waals surface area contributed by atoms with Crippen LogP contribution in [0.15, 0.2) is 24.3 Å². The van der Waals surface area contributed by atoms with Crippen molar-refractivity contribution >= 4 is 40.8 Å². The zero-order valence-corrected chi connectivity index (χ0v) is 16.6. The van der Waals surface area contributed by atoms with Gasteiger partial charge in [-0.15, -0.1) is 23.2 Å². The van der Waals surface area contributed by atoms with E-state index >= 15 is 0 Å². The lowest BCUT2D eigenvalue weighted by Crippen LogP contribution is -2.51. The second-order valence-corrected chi connectivity index (χ2v) is 7.17. The summed E-state index contributed by atoms with van der Waals surface area (Å²) in [6, 6.07) is 5.91. The lowest BCUT2D eigenvalue weighted by Gasteiger charge is -2.23. The van der Waals surface area contributed by atoms with Crippen LogP contribution in [0, 0.1) is 5.92 Å². The van der Waals surface area contributed by atoms with Gasteiger partial charge in [-0.2, -0.15) is 0 Å². The monoisotopic (exact) mass is 403 g/mol. The Bertz CT molecular complexity index is 576. The predicted octanol–water partition coefficient (Wildman–Crippen LogP) is 2.07. The van der Waals surface area contributed by atoms with Gasteiger partial charge in [-0.05, 0) is 30.0 Å². The zero-order valence-electron chi connectivity index (χ0n) is 15.1. The first-order valence-electron chi connectivity index (χ1n) is 8.54. The first-order chi connectivity index (χ1) is 12.3. The average Bonchev–Trinajstić information content (AvgIpc) is 2.59. The number of nitrogens with zero attached hydrogens (tertiary/aromatic N) is 1. The van der Waals surface area contributed by atoms with Gasteiger partial charge in [-0.3, -0.25) is 4.79 Å². The van der Waals surface area contributed by atoms with E-state index < -0.39 is 24.0 Å². The van der Waals surface area contributed by atoms with Crippen molar-refractivity contribution in [3.63, 3.8) is 0 Å². The second-order valence-electron chi connectivity index (χ2n) is 6.41. The number of hydrogen-bond donors (Lipinski definition) is 3. The summed E-state index contributed by atoms with van der Waals surface area (Å²) >= 11 is 11.6. The number of nitrogens with two attached hydrogens (primary N) is 1. The molecule has 0 heterocycles.